The summed E-state index contributed by atoms with van der Waals surface area (Å²) in [5.41, 5.74) is 0. The van der Waals surface area contributed by atoms with E-state index in [9.17, 15) is 4.79 Å². The molecule has 0 N–H and O–H groups in total. The third kappa shape index (κ3) is 7.70. The molecule has 1 aliphatic rings. The van der Waals surface area contributed by atoms with Crippen LogP contribution in [0, 0.1) is 5.92 Å². The van der Waals surface area contributed by atoms with Gasteiger partial charge in [0.15, 0.2) is 0 Å². The second kappa shape index (κ2) is 10.4. The highest BCUT2D eigenvalue weighted by Gasteiger charge is 2.20. The molecule has 1 amide bonds. The molecule has 18 heavy (non-hydrogen) atoms. The van der Waals surface area contributed by atoms with Gasteiger partial charge in [-0.25, -0.2) is 0 Å². The monoisotopic (exact) mass is 257 g/mol. The molecule has 1 aliphatic heterocycles. The van der Waals surface area contributed by atoms with E-state index in [0.717, 1.165) is 44.9 Å². The molecule has 0 saturated carbocycles. The number of likely N-dealkylation sites (tertiary alicyclic amines) is 1. The van der Waals surface area contributed by atoms with Gasteiger partial charge in [0.05, 0.1) is 6.10 Å². The SMILES string of the molecule is CC.CC(=O)N1CCC(OCCCC(C)C)CC1. The summed E-state index contributed by atoms with van der Waals surface area (Å²) in [7, 11) is 0. The number of amides is 1. The van der Waals surface area contributed by atoms with Crippen LogP contribution in [-0.2, 0) is 9.53 Å². The molecular formula is C15H31NO2. The van der Waals surface area contributed by atoms with Crippen LogP contribution >= 0.6 is 0 Å². The molecular weight excluding hydrogens is 226 g/mol. The van der Waals surface area contributed by atoms with Gasteiger partial charge in [-0.05, 0) is 31.6 Å². The van der Waals surface area contributed by atoms with Crippen molar-refractivity contribution in [2.45, 2.75) is 66.4 Å². The van der Waals surface area contributed by atoms with Gasteiger partial charge in [0.1, 0.15) is 0 Å². The highest BCUT2D eigenvalue weighted by molar-refractivity contribution is 5.73. The number of ether oxygens (including phenoxy) is 1. The summed E-state index contributed by atoms with van der Waals surface area (Å²) in [6.45, 7) is 12.7. The number of hydrogen-bond acceptors (Lipinski definition) is 2. The van der Waals surface area contributed by atoms with E-state index in [1.54, 1.807) is 6.92 Å². The zero-order valence-electron chi connectivity index (χ0n) is 12.9. The summed E-state index contributed by atoms with van der Waals surface area (Å²) < 4.78 is 5.82. The van der Waals surface area contributed by atoms with Gasteiger partial charge in [0, 0.05) is 26.6 Å². The summed E-state index contributed by atoms with van der Waals surface area (Å²) in [5, 5.41) is 0. The largest absolute Gasteiger partial charge is 0.378 e. The van der Waals surface area contributed by atoms with E-state index in [0.29, 0.717) is 6.10 Å². The molecule has 0 spiro atoms. The molecule has 0 aliphatic carbocycles. The molecule has 3 heteroatoms. The molecule has 0 radical (unpaired) electrons. The average molecular weight is 257 g/mol. The number of rotatable bonds is 5. The Labute approximate surface area is 113 Å². The van der Waals surface area contributed by atoms with Gasteiger partial charge in [0.25, 0.3) is 0 Å². The quantitative estimate of drug-likeness (QED) is 0.706. The molecule has 0 atom stereocenters. The highest BCUT2D eigenvalue weighted by Crippen LogP contribution is 2.14. The van der Waals surface area contributed by atoms with Crippen LogP contribution in [-0.4, -0.2) is 36.6 Å². The lowest BCUT2D eigenvalue weighted by Crippen LogP contribution is -2.39. The summed E-state index contributed by atoms with van der Waals surface area (Å²) in [4.78, 5) is 13.0. The fourth-order valence-corrected chi connectivity index (χ4v) is 2.08. The maximum absolute atomic E-state index is 11.1. The summed E-state index contributed by atoms with van der Waals surface area (Å²) in [6, 6.07) is 0. The van der Waals surface area contributed by atoms with Crippen molar-refractivity contribution in [2.75, 3.05) is 19.7 Å². The molecule has 1 heterocycles. The standard InChI is InChI=1S/C13H25NO2.C2H6/c1-11(2)5-4-10-16-13-6-8-14(9-7-13)12(3)15;1-2/h11,13H,4-10H2,1-3H3;1-2H3. The fourth-order valence-electron chi connectivity index (χ4n) is 2.08. The van der Waals surface area contributed by atoms with Crippen LogP contribution in [0.25, 0.3) is 0 Å². The molecule has 1 saturated heterocycles. The van der Waals surface area contributed by atoms with Crippen molar-refractivity contribution >= 4 is 5.91 Å². The van der Waals surface area contributed by atoms with Gasteiger partial charge in [-0.3, -0.25) is 4.79 Å². The zero-order valence-corrected chi connectivity index (χ0v) is 12.9. The Bertz CT molecular complexity index is 209. The van der Waals surface area contributed by atoms with Crippen molar-refractivity contribution in [3.05, 3.63) is 0 Å². The minimum atomic E-state index is 0.193. The molecule has 0 aromatic heterocycles. The van der Waals surface area contributed by atoms with Gasteiger partial charge in [-0.2, -0.15) is 0 Å². The minimum Gasteiger partial charge on any atom is -0.378 e. The molecule has 108 valence electrons. The first-order valence-electron chi connectivity index (χ1n) is 7.46. The summed E-state index contributed by atoms with van der Waals surface area (Å²) >= 11 is 0. The third-order valence-electron chi connectivity index (χ3n) is 3.17. The van der Waals surface area contributed by atoms with Crippen molar-refractivity contribution < 1.29 is 9.53 Å². The zero-order chi connectivity index (χ0) is 14.0. The van der Waals surface area contributed by atoms with Crippen molar-refractivity contribution in [2.24, 2.45) is 5.92 Å². The molecule has 0 bridgehead atoms. The maximum Gasteiger partial charge on any atom is 0.219 e. The van der Waals surface area contributed by atoms with Crippen LogP contribution in [0.2, 0.25) is 0 Å². The average Bonchev–Trinajstić information content (AvgIpc) is 2.37. The van der Waals surface area contributed by atoms with Crippen LogP contribution < -0.4 is 0 Å². The van der Waals surface area contributed by atoms with Crippen LogP contribution in [0.15, 0.2) is 0 Å². The normalized spacial score (nSPS) is 16.4. The predicted molar refractivity (Wildman–Crippen MR) is 76.6 cm³/mol. The molecule has 1 fully saturated rings. The Morgan fingerprint density at radius 1 is 1.28 bits per heavy atom. The highest BCUT2D eigenvalue weighted by atomic mass is 16.5. The van der Waals surface area contributed by atoms with E-state index < -0.39 is 0 Å². The van der Waals surface area contributed by atoms with E-state index in [2.05, 4.69) is 13.8 Å². The molecule has 1 rings (SSSR count). The first-order valence-corrected chi connectivity index (χ1v) is 7.46. The fraction of sp³-hybridized carbons (Fsp3) is 0.933. The van der Waals surface area contributed by atoms with Crippen LogP contribution in [0.3, 0.4) is 0 Å². The van der Waals surface area contributed by atoms with Crippen molar-refractivity contribution in [1.82, 2.24) is 4.90 Å². The first kappa shape index (κ1) is 17.4. The molecule has 0 aromatic carbocycles. The Balaban J connectivity index is 0.00000137. The van der Waals surface area contributed by atoms with Crippen LogP contribution in [0.4, 0.5) is 0 Å². The number of carbonyl (C=O) groups excluding carboxylic acids is 1. The van der Waals surface area contributed by atoms with Crippen LogP contribution in [0.5, 0.6) is 0 Å². The second-order valence-corrected chi connectivity index (χ2v) is 5.11. The van der Waals surface area contributed by atoms with Gasteiger partial charge in [-0.1, -0.05) is 27.7 Å². The Morgan fingerprint density at radius 3 is 2.28 bits per heavy atom. The van der Waals surface area contributed by atoms with Crippen LogP contribution in [0.1, 0.15) is 60.3 Å². The minimum absolute atomic E-state index is 0.193. The van der Waals surface area contributed by atoms with Gasteiger partial charge in [-0.15, -0.1) is 0 Å². The number of carbonyl (C=O) groups is 1. The lowest BCUT2D eigenvalue weighted by molar-refractivity contribution is -0.131. The van der Waals surface area contributed by atoms with Crippen molar-refractivity contribution in [3.8, 4) is 0 Å². The smallest absolute Gasteiger partial charge is 0.219 e. The Hall–Kier alpha value is -0.570. The number of hydrogen-bond donors (Lipinski definition) is 0. The van der Waals surface area contributed by atoms with Crippen molar-refractivity contribution in [1.29, 1.82) is 0 Å². The van der Waals surface area contributed by atoms with Gasteiger partial charge < -0.3 is 9.64 Å². The Morgan fingerprint density at radius 2 is 1.83 bits per heavy atom. The lowest BCUT2D eigenvalue weighted by Gasteiger charge is -2.31. The summed E-state index contributed by atoms with van der Waals surface area (Å²) in [5.74, 6) is 0.960. The third-order valence-corrected chi connectivity index (χ3v) is 3.17. The molecule has 0 unspecified atom stereocenters. The van der Waals surface area contributed by atoms with E-state index in [4.69, 9.17) is 4.74 Å². The van der Waals surface area contributed by atoms with Gasteiger partial charge in [0.2, 0.25) is 5.91 Å². The summed E-state index contributed by atoms with van der Waals surface area (Å²) in [6.07, 6.45) is 4.78. The van der Waals surface area contributed by atoms with E-state index in [1.165, 1.54) is 6.42 Å². The molecule has 0 aromatic rings. The van der Waals surface area contributed by atoms with E-state index >= 15 is 0 Å². The predicted octanol–water partition coefficient (Wildman–Crippen LogP) is 3.48. The maximum atomic E-state index is 11.1. The topological polar surface area (TPSA) is 29.5 Å². The van der Waals surface area contributed by atoms with Gasteiger partial charge >= 0.3 is 0 Å². The second-order valence-electron chi connectivity index (χ2n) is 5.11. The molecule has 3 nitrogen and oxygen atoms in total. The Kier molecular flexibility index (Phi) is 10.0. The number of nitrogens with zero attached hydrogens (tertiary/aromatic N) is 1. The van der Waals surface area contributed by atoms with E-state index in [1.807, 2.05) is 18.7 Å². The van der Waals surface area contributed by atoms with E-state index in [-0.39, 0.29) is 5.91 Å². The first-order chi connectivity index (χ1) is 8.59. The van der Waals surface area contributed by atoms with Crippen molar-refractivity contribution in [3.63, 3.8) is 0 Å². The number of piperidine rings is 1. The lowest BCUT2D eigenvalue weighted by atomic mass is 10.1.